The minimum Gasteiger partial charge on any atom is -0.460 e. The zero-order chi connectivity index (χ0) is 17.9. The number of aliphatic hydroxyl groups is 1. The summed E-state index contributed by atoms with van der Waals surface area (Å²) < 4.78 is 18.5. The van der Waals surface area contributed by atoms with Gasteiger partial charge in [-0.15, -0.1) is 0 Å². The third kappa shape index (κ3) is 6.88. The molecule has 0 spiro atoms. The van der Waals surface area contributed by atoms with Crippen molar-refractivity contribution in [2.45, 2.75) is 52.1 Å². The average molecular weight is 355 g/mol. The first-order valence-electron chi connectivity index (χ1n) is 8.25. The Morgan fingerprint density at radius 3 is 2.50 bits per heavy atom. The molecule has 1 N–H and O–H groups in total. The number of unbranched alkanes of at least 4 members (excludes halogenated alkanes) is 3. The fourth-order valence-electron chi connectivity index (χ4n) is 2.24. The van der Waals surface area contributed by atoms with Crippen LogP contribution in [0.5, 0.6) is 0 Å². The van der Waals surface area contributed by atoms with Crippen LogP contribution in [-0.2, 0) is 9.53 Å². The van der Waals surface area contributed by atoms with Crippen molar-refractivity contribution in [3.05, 3.63) is 52.0 Å². The SMILES string of the molecule is CCCCCCC(=C=C(F)C(=O)OCC)C(O)c1ccc(Cl)cc1. The molecule has 5 heteroatoms. The summed E-state index contributed by atoms with van der Waals surface area (Å²) in [6, 6.07) is 6.65. The van der Waals surface area contributed by atoms with Gasteiger partial charge in [0.25, 0.3) is 0 Å². The highest BCUT2D eigenvalue weighted by Gasteiger charge is 2.16. The van der Waals surface area contributed by atoms with Gasteiger partial charge in [0.05, 0.1) is 6.61 Å². The summed E-state index contributed by atoms with van der Waals surface area (Å²) in [5, 5.41) is 11.1. The molecule has 0 bridgehead atoms. The van der Waals surface area contributed by atoms with Crippen LogP contribution in [0, 0.1) is 0 Å². The van der Waals surface area contributed by atoms with Crippen LogP contribution in [0.15, 0.2) is 41.4 Å². The number of rotatable bonds is 9. The van der Waals surface area contributed by atoms with Crippen LogP contribution < -0.4 is 0 Å². The Hall–Kier alpha value is -1.61. The zero-order valence-electron chi connectivity index (χ0n) is 14.1. The molecule has 0 saturated carbocycles. The summed E-state index contributed by atoms with van der Waals surface area (Å²) in [4.78, 5) is 11.4. The van der Waals surface area contributed by atoms with E-state index >= 15 is 0 Å². The van der Waals surface area contributed by atoms with E-state index in [0.717, 1.165) is 25.7 Å². The van der Waals surface area contributed by atoms with Crippen molar-refractivity contribution in [2.75, 3.05) is 6.61 Å². The maximum atomic E-state index is 13.9. The lowest BCUT2D eigenvalue weighted by atomic mass is 9.97. The second-order valence-corrected chi connectivity index (χ2v) is 5.89. The fraction of sp³-hybridized carbons (Fsp3) is 0.474. The monoisotopic (exact) mass is 354 g/mol. The number of ether oxygens (including phenoxy) is 1. The molecular weight excluding hydrogens is 331 g/mol. The van der Waals surface area contributed by atoms with Gasteiger partial charge in [0.15, 0.2) is 0 Å². The largest absolute Gasteiger partial charge is 0.460 e. The topological polar surface area (TPSA) is 46.5 Å². The Morgan fingerprint density at radius 2 is 1.92 bits per heavy atom. The molecule has 1 unspecified atom stereocenters. The third-order valence-corrected chi connectivity index (χ3v) is 3.79. The van der Waals surface area contributed by atoms with Gasteiger partial charge in [-0.25, -0.2) is 4.79 Å². The summed E-state index contributed by atoms with van der Waals surface area (Å²) in [5.74, 6) is -2.18. The minimum atomic E-state index is -1.12. The highest BCUT2D eigenvalue weighted by atomic mass is 35.5. The fourth-order valence-corrected chi connectivity index (χ4v) is 2.37. The first-order valence-corrected chi connectivity index (χ1v) is 8.63. The van der Waals surface area contributed by atoms with E-state index in [-0.39, 0.29) is 6.61 Å². The number of carbonyl (C=O) groups excluding carboxylic acids is 1. The van der Waals surface area contributed by atoms with Gasteiger partial charge in [-0.2, -0.15) is 4.39 Å². The van der Waals surface area contributed by atoms with Crippen LogP contribution >= 0.6 is 11.6 Å². The summed E-state index contributed by atoms with van der Waals surface area (Å²) in [6.07, 6.45) is 3.31. The van der Waals surface area contributed by atoms with E-state index in [0.29, 0.717) is 22.6 Å². The zero-order valence-corrected chi connectivity index (χ0v) is 14.9. The average Bonchev–Trinajstić information content (AvgIpc) is 2.57. The van der Waals surface area contributed by atoms with Gasteiger partial charge in [0.1, 0.15) is 6.10 Å². The van der Waals surface area contributed by atoms with E-state index in [9.17, 15) is 14.3 Å². The molecule has 1 aromatic carbocycles. The molecule has 1 aromatic rings. The number of hydrogen-bond acceptors (Lipinski definition) is 3. The molecule has 3 nitrogen and oxygen atoms in total. The first kappa shape index (κ1) is 20.4. The van der Waals surface area contributed by atoms with Crippen LogP contribution in [0.25, 0.3) is 0 Å². The molecule has 0 saturated heterocycles. The highest BCUT2D eigenvalue weighted by molar-refractivity contribution is 6.30. The summed E-state index contributed by atoms with van der Waals surface area (Å²) in [7, 11) is 0. The van der Waals surface area contributed by atoms with Crippen LogP contribution in [-0.4, -0.2) is 17.7 Å². The Kier molecular flexibility index (Phi) is 9.39. The van der Waals surface area contributed by atoms with Crippen molar-refractivity contribution in [2.24, 2.45) is 0 Å². The lowest BCUT2D eigenvalue weighted by Gasteiger charge is -2.14. The maximum absolute atomic E-state index is 13.9. The normalized spacial score (nSPS) is 11.5. The number of benzene rings is 1. The van der Waals surface area contributed by atoms with Crippen LogP contribution in [0.3, 0.4) is 0 Å². The van der Waals surface area contributed by atoms with Crippen molar-refractivity contribution in [1.82, 2.24) is 0 Å². The van der Waals surface area contributed by atoms with Crippen molar-refractivity contribution in [3.8, 4) is 0 Å². The number of halogens is 2. The minimum absolute atomic E-state index is 0.0828. The molecule has 1 rings (SSSR count). The molecule has 0 amide bonds. The quantitative estimate of drug-likeness (QED) is 0.284. The molecule has 132 valence electrons. The Balaban J connectivity index is 3.05. The van der Waals surface area contributed by atoms with E-state index in [2.05, 4.69) is 17.4 Å². The molecular formula is C19H24ClFO3. The van der Waals surface area contributed by atoms with Crippen LogP contribution in [0.1, 0.15) is 57.6 Å². The van der Waals surface area contributed by atoms with E-state index < -0.39 is 17.9 Å². The van der Waals surface area contributed by atoms with Gasteiger partial charge < -0.3 is 9.84 Å². The van der Waals surface area contributed by atoms with E-state index in [4.69, 9.17) is 11.6 Å². The van der Waals surface area contributed by atoms with Gasteiger partial charge in [-0.3, -0.25) is 0 Å². The van der Waals surface area contributed by atoms with Gasteiger partial charge in [-0.1, -0.05) is 55.7 Å². The smallest absolute Gasteiger partial charge is 0.375 e. The van der Waals surface area contributed by atoms with Gasteiger partial charge in [0.2, 0.25) is 5.83 Å². The predicted molar refractivity (Wildman–Crippen MR) is 93.5 cm³/mol. The highest BCUT2D eigenvalue weighted by Crippen LogP contribution is 2.27. The third-order valence-electron chi connectivity index (χ3n) is 3.54. The molecule has 0 heterocycles. The molecule has 0 fully saturated rings. The molecule has 0 aromatic heterocycles. The number of aliphatic hydroxyl groups excluding tert-OH is 1. The summed E-state index contributed by atoms with van der Waals surface area (Å²) in [5.41, 5.74) is 3.31. The van der Waals surface area contributed by atoms with Crippen LogP contribution in [0.4, 0.5) is 4.39 Å². The van der Waals surface area contributed by atoms with E-state index in [1.54, 1.807) is 31.2 Å². The molecule has 0 aliphatic heterocycles. The predicted octanol–water partition coefficient (Wildman–Crippen LogP) is 5.29. The lowest BCUT2D eigenvalue weighted by Crippen LogP contribution is -2.05. The Labute approximate surface area is 147 Å². The van der Waals surface area contributed by atoms with Gasteiger partial charge in [0, 0.05) is 10.6 Å². The summed E-state index contributed by atoms with van der Waals surface area (Å²) in [6.45, 7) is 3.78. The molecule has 24 heavy (non-hydrogen) atoms. The van der Waals surface area contributed by atoms with Crippen molar-refractivity contribution >= 4 is 17.6 Å². The second-order valence-electron chi connectivity index (χ2n) is 5.45. The van der Waals surface area contributed by atoms with Crippen molar-refractivity contribution < 1.29 is 19.0 Å². The molecule has 1 atom stereocenters. The molecule has 0 aliphatic carbocycles. The second kappa shape index (κ2) is 11.0. The first-order chi connectivity index (χ1) is 11.5. The molecule has 0 aliphatic rings. The number of carbonyl (C=O) groups is 1. The maximum Gasteiger partial charge on any atom is 0.375 e. The van der Waals surface area contributed by atoms with E-state index in [1.165, 1.54) is 0 Å². The summed E-state index contributed by atoms with van der Waals surface area (Å²) >= 11 is 5.85. The number of hydrogen-bond donors (Lipinski definition) is 1. The molecule has 0 radical (unpaired) electrons. The van der Waals surface area contributed by atoms with Crippen molar-refractivity contribution in [1.29, 1.82) is 0 Å². The Morgan fingerprint density at radius 1 is 1.25 bits per heavy atom. The van der Waals surface area contributed by atoms with E-state index in [1.807, 2.05) is 0 Å². The van der Waals surface area contributed by atoms with Crippen molar-refractivity contribution in [3.63, 3.8) is 0 Å². The number of esters is 1. The standard InChI is InChI=1S/C19H24ClFO3/c1-3-5-6-7-8-15(13-17(21)19(23)24-4-2)18(22)14-9-11-16(20)12-10-14/h9-12,18,22H,3-8H2,1-2H3. The van der Waals surface area contributed by atoms with Gasteiger partial charge in [-0.05, 0) is 37.5 Å². The Bertz CT molecular complexity index is 589. The van der Waals surface area contributed by atoms with Gasteiger partial charge >= 0.3 is 5.97 Å². The van der Waals surface area contributed by atoms with Crippen LogP contribution in [0.2, 0.25) is 5.02 Å². The lowest BCUT2D eigenvalue weighted by molar-refractivity contribution is -0.140.